The second kappa shape index (κ2) is 9.84. The number of hydrogen-bond donors (Lipinski definition) is 3. The highest BCUT2D eigenvalue weighted by atomic mass is 16.5. The highest BCUT2D eigenvalue weighted by Gasteiger charge is 1.92. The fourth-order valence-corrected chi connectivity index (χ4v) is 0. The van der Waals surface area contributed by atoms with Crippen LogP contribution >= 0.6 is 0 Å². The zero-order valence-electron chi connectivity index (χ0n) is 5.07. The predicted octanol–water partition coefficient (Wildman–Crippen LogP) is -0.469. The predicted molar refractivity (Wildman–Crippen MR) is 32.9 cm³/mol. The van der Waals surface area contributed by atoms with Crippen LogP contribution in [-0.4, -0.2) is 22.4 Å². The van der Waals surface area contributed by atoms with Crippen LogP contribution in [0.1, 0.15) is 13.8 Å². The van der Waals surface area contributed by atoms with E-state index in [1.807, 2.05) is 26.0 Å². The van der Waals surface area contributed by atoms with Gasteiger partial charge in [0.25, 0.3) is 0 Å². The molecular formula is C4H11BO3. The van der Waals surface area contributed by atoms with Crippen molar-refractivity contribution >= 4 is 7.32 Å². The molecular weight excluding hydrogens is 107 g/mol. The summed E-state index contributed by atoms with van der Waals surface area (Å²) in [6.45, 7) is 4.00. The third-order valence-electron chi connectivity index (χ3n) is 0.333. The topological polar surface area (TPSA) is 60.7 Å². The van der Waals surface area contributed by atoms with Crippen molar-refractivity contribution in [3.05, 3.63) is 12.2 Å². The molecule has 0 spiro atoms. The molecule has 3 nitrogen and oxygen atoms in total. The van der Waals surface area contributed by atoms with E-state index in [0.29, 0.717) is 0 Å². The molecule has 8 heavy (non-hydrogen) atoms. The lowest BCUT2D eigenvalue weighted by molar-refractivity contribution is 0.278. The van der Waals surface area contributed by atoms with Crippen molar-refractivity contribution in [1.82, 2.24) is 0 Å². The maximum Gasteiger partial charge on any atom is 0.631 e. The lowest BCUT2D eigenvalue weighted by Crippen LogP contribution is -2.07. The lowest BCUT2D eigenvalue weighted by Gasteiger charge is -1.69. The normalized spacial score (nSPS) is 8.12. The van der Waals surface area contributed by atoms with Crippen molar-refractivity contribution in [2.24, 2.45) is 0 Å². The van der Waals surface area contributed by atoms with E-state index in [2.05, 4.69) is 0 Å². The van der Waals surface area contributed by atoms with Gasteiger partial charge in [-0.25, -0.2) is 0 Å². The van der Waals surface area contributed by atoms with Crippen LogP contribution in [0, 0.1) is 0 Å². The van der Waals surface area contributed by atoms with E-state index < -0.39 is 7.32 Å². The average molecular weight is 118 g/mol. The SMILES string of the molecule is CC=CC.OB(O)O. The van der Waals surface area contributed by atoms with Gasteiger partial charge >= 0.3 is 7.32 Å². The van der Waals surface area contributed by atoms with E-state index >= 15 is 0 Å². The van der Waals surface area contributed by atoms with Gasteiger partial charge in [0.2, 0.25) is 0 Å². The minimum Gasteiger partial charge on any atom is -0.402 e. The van der Waals surface area contributed by atoms with Gasteiger partial charge in [0.05, 0.1) is 0 Å². The van der Waals surface area contributed by atoms with Crippen molar-refractivity contribution in [3.63, 3.8) is 0 Å². The molecule has 0 rings (SSSR count). The Hall–Kier alpha value is -0.315. The Kier molecular flexibility index (Phi) is 13.1. The van der Waals surface area contributed by atoms with E-state index in [9.17, 15) is 0 Å². The molecule has 0 saturated carbocycles. The first-order valence-electron chi connectivity index (χ1n) is 2.26. The van der Waals surface area contributed by atoms with Gasteiger partial charge in [0, 0.05) is 0 Å². The van der Waals surface area contributed by atoms with Gasteiger partial charge in [0.15, 0.2) is 0 Å². The average Bonchev–Trinajstić information content (AvgIpc) is 1.65. The highest BCUT2D eigenvalue weighted by Crippen LogP contribution is 1.57. The summed E-state index contributed by atoms with van der Waals surface area (Å²) in [5.74, 6) is 0. The van der Waals surface area contributed by atoms with E-state index in [0.717, 1.165) is 0 Å². The van der Waals surface area contributed by atoms with Crippen LogP contribution in [-0.2, 0) is 0 Å². The number of hydrogen-bond acceptors (Lipinski definition) is 3. The molecule has 0 aromatic heterocycles. The Labute approximate surface area is 49.5 Å². The Balaban J connectivity index is 0. The summed E-state index contributed by atoms with van der Waals surface area (Å²) in [4.78, 5) is 0. The van der Waals surface area contributed by atoms with Crippen molar-refractivity contribution in [2.75, 3.05) is 0 Å². The van der Waals surface area contributed by atoms with Crippen LogP contribution in [0.2, 0.25) is 0 Å². The summed E-state index contributed by atoms with van der Waals surface area (Å²) in [6.07, 6.45) is 4.00. The fraction of sp³-hybridized carbons (Fsp3) is 0.500. The largest absolute Gasteiger partial charge is 0.631 e. The Morgan fingerprint density at radius 1 is 1.00 bits per heavy atom. The Morgan fingerprint density at radius 2 is 1.12 bits per heavy atom. The molecule has 48 valence electrons. The molecule has 0 unspecified atom stereocenters. The van der Waals surface area contributed by atoms with Gasteiger partial charge in [-0.2, -0.15) is 0 Å². The molecule has 0 saturated heterocycles. The van der Waals surface area contributed by atoms with Gasteiger partial charge in [-0.3, -0.25) is 0 Å². The first-order valence-corrected chi connectivity index (χ1v) is 2.26. The number of allylic oxidation sites excluding steroid dienone is 2. The van der Waals surface area contributed by atoms with E-state index in [1.165, 1.54) is 0 Å². The van der Waals surface area contributed by atoms with Gasteiger partial charge < -0.3 is 15.1 Å². The van der Waals surface area contributed by atoms with E-state index in [4.69, 9.17) is 15.1 Å². The molecule has 0 atom stereocenters. The van der Waals surface area contributed by atoms with Crippen molar-refractivity contribution in [1.29, 1.82) is 0 Å². The molecule has 0 aromatic carbocycles. The van der Waals surface area contributed by atoms with Crippen LogP contribution in [0.4, 0.5) is 0 Å². The molecule has 0 fully saturated rings. The quantitative estimate of drug-likeness (QED) is 0.297. The number of rotatable bonds is 0. The maximum atomic E-state index is 7.17. The third-order valence-corrected chi connectivity index (χ3v) is 0.333. The lowest BCUT2D eigenvalue weighted by atomic mass is 10.3. The molecule has 0 bridgehead atoms. The molecule has 0 heterocycles. The maximum absolute atomic E-state index is 7.17. The van der Waals surface area contributed by atoms with Crippen LogP contribution in [0.15, 0.2) is 12.2 Å². The summed E-state index contributed by atoms with van der Waals surface area (Å²) < 4.78 is 0. The van der Waals surface area contributed by atoms with Crippen LogP contribution < -0.4 is 0 Å². The molecule has 0 aliphatic carbocycles. The minimum absolute atomic E-state index is 2.00. The smallest absolute Gasteiger partial charge is 0.402 e. The molecule has 3 N–H and O–H groups in total. The molecule has 0 aliphatic rings. The van der Waals surface area contributed by atoms with Gasteiger partial charge in [-0.15, -0.1) is 0 Å². The molecule has 0 aromatic rings. The second-order valence-electron chi connectivity index (χ2n) is 1.01. The van der Waals surface area contributed by atoms with E-state index in [-0.39, 0.29) is 0 Å². The summed E-state index contributed by atoms with van der Waals surface area (Å²) in [5, 5.41) is 21.5. The van der Waals surface area contributed by atoms with Crippen molar-refractivity contribution < 1.29 is 15.1 Å². The van der Waals surface area contributed by atoms with Gasteiger partial charge in [0.1, 0.15) is 0 Å². The molecule has 0 aliphatic heterocycles. The summed E-state index contributed by atoms with van der Waals surface area (Å²) >= 11 is 0. The first-order chi connectivity index (χ1) is 3.65. The van der Waals surface area contributed by atoms with Crippen LogP contribution in [0.5, 0.6) is 0 Å². The second-order valence-corrected chi connectivity index (χ2v) is 1.01. The molecule has 0 radical (unpaired) electrons. The molecule has 0 amide bonds. The monoisotopic (exact) mass is 118 g/mol. The highest BCUT2D eigenvalue weighted by molar-refractivity contribution is 6.30. The zero-order chi connectivity index (χ0) is 6.99. The first kappa shape index (κ1) is 10.6. The van der Waals surface area contributed by atoms with Crippen molar-refractivity contribution in [2.45, 2.75) is 13.8 Å². The summed E-state index contributed by atoms with van der Waals surface area (Å²) in [7, 11) is -2.17. The fourth-order valence-electron chi connectivity index (χ4n) is 0. The third kappa shape index (κ3) is 266. The van der Waals surface area contributed by atoms with Crippen molar-refractivity contribution in [3.8, 4) is 0 Å². The minimum atomic E-state index is -2.17. The van der Waals surface area contributed by atoms with Gasteiger partial charge in [-0.05, 0) is 13.8 Å². The Bertz CT molecular complexity index is 46.5. The summed E-state index contributed by atoms with van der Waals surface area (Å²) in [5.41, 5.74) is 0. The van der Waals surface area contributed by atoms with Gasteiger partial charge in [-0.1, -0.05) is 12.2 Å². The molecule has 4 heteroatoms. The Morgan fingerprint density at radius 3 is 1.12 bits per heavy atom. The summed E-state index contributed by atoms with van der Waals surface area (Å²) in [6, 6.07) is 0. The van der Waals surface area contributed by atoms with Crippen LogP contribution in [0.25, 0.3) is 0 Å². The zero-order valence-corrected chi connectivity index (χ0v) is 5.07. The van der Waals surface area contributed by atoms with E-state index in [1.54, 1.807) is 0 Å². The van der Waals surface area contributed by atoms with Crippen LogP contribution in [0.3, 0.4) is 0 Å². The standard InChI is InChI=1S/C4H8.BH3O3/c1-3-4-2;2-1(3)4/h3-4H,1-2H3;2-4H.